The first-order chi connectivity index (χ1) is 12.3. The number of nitrogens with one attached hydrogen (secondary N) is 1. The maximum absolute atomic E-state index is 12.7. The fraction of sp³-hybridized carbons (Fsp3) is 0.294. The molecule has 26 heavy (non-hydrogen) atoms. The number of carbonyl (C=O) groups is 1. The molecule has 1 N–H and O–H groups in total. The van der Waals surface area contributed by atoms with E-state index in [1.807, 2.05) is 6.07 Å². The SMILES string of the molecule is O=C(NCc1cccnc1)c1cccc(S(=O)(=O)[C@@H]2CCS(=O)(=O)C2)c1. The van der Waals surface area contributed by atoms with Crippen molar-refractivity contribution in [1.29, 1.82) is 0 Å². The first kappa shape index (κ1) is 18.5. The lowest BCUT2D eigenvalue weighted by molar-refractivity contribution is 0.0950. The van der Waals surface area contributed by atoms with Crippen LogP contribution in [0, 0.1) is 0 Å². The summed E-state index contributed by atoms with van der Waals surface area (Å²) in [4.78, 5) is 16.2. The van der Waals surface area contributed by atoms with Crippen molar-refractivity contribution in [3.8, 4) is 0 Å². The zero-order valence-electron chi connectivity index (χ0n) is 13.8. The second kappa shape index (κ2) is 7.16. The minimum Gasteiger partial charge on any atom is -0.348 e. The number of rotatable bonds is 5. The fourth-order valence-electron chi connectivity index (χ4n) is 2.80. The summed E-state index contributed by atoms with van der Waals surface area (Å²) in [5.74, 6) is -0.903. The number of hydrogen-bond acceptors (Lipinski definition) is 6. The molecule has 9 heteroatoms. The van der Waals surface area contributed by atoms with E-state index in [2.05, 4.69) is 10.3 Å². The van der Waals surface area contributed by atoms with Crippen molar-refractivity contribution in [3.05, 3.63) is 59.9 Å². The van der Waals surface area contributed by atoms with Crippen LogP contribution in [0.2, 0.25) is 0 Å². The van der Waals surface area contributed by atoms with Gasteiger partial charge in [-0.1, -0.05) is 12.1 Å². The Hall–Kier alpha value is -2.26. The van der Waals surface area contributed by atoms with Gasteiger partial charge in [0, 0.05) is 24.5 Å². The Morgan fingerprint density at radius 2 is 2.04 bits per heavy atom. The van der Waals surface area contributed by atoms with E-state index < -0.39 is 30.8 Å². The molecule has 0 unspecified atom stereocenters. The van der Waals surface area contributed by atoms with Gasteiger partial charge >= 0.3 is 0 Å². The molecule has 1 atom stereocenters. The normalized spacial score (nSPS) is 19.2. The molecule has 1 fully saturated rings. The minimum absolute atomic E-state index is 0.0337. The van der Waals surface area contributed by atoms with E-state index in [0.717, 1.165) is 5.56 Å². The van der Waals surface area contributed by atoms with Crippen LogP contribution < -0.4 is 5.32 Å². The fourth-order valence-corrected chi connectivity index (χ4v) is 7.20. The van der Waals surface area contributed by atoms with Gasteiger partial charge < -0.3 is 5.32 Å². The molecule has 0 saturated carbocycles. The molecular weight excluding hydrogens is 376 g/mol. The van der Waals surface area contributed by atoms with E-state index in [1.165, 1.54) is 24.3 Å². The third-order valence-corrected chi connectivity index (χ3v) is 8.40. The number of amides is 1. The van der Waals surface area contributed by atoms with Gasteiger partial charge in [0.05, 0.1) is 21.7 Å². The molecule has 2 heterocycles. The van der Waals surface area contributed by atoms with Gasteiger partial charge in [-0.2, -0.15) is 0 Å². The summed E-state index contributed by atoms with van der Waals surface area (Å²) >= 11 is 0. The van der Waals surface area contributed by atoms with Gasteiger partial charge in [-0.3, -0.25) is 9.78 Å². The number of benzene rings is 1. The van der Waals surface area contributed by atoms with Gasteiger partial charge in [0.1, 0.15) is 0 Å². The lowest BCUT2D eigenvalue weighted by atomic mass is 10.2. The molecule has 1 aliphatic heterocycles. The average molecular weight is 394 g/mol. The largest absolute Gasteiger partial charge is 0.348 e. The summed E-state index contributed by atoms with van der Waals surface area (Å²) in [5.41, 5.74) is 1.02. The van der Waals surface area contributed by atoms with E-state index >= 15 is 0 Å². The molecule has 1 aromatic carbocycles. The molecule has 0 aliphatic carbocycles. The van der Waals surface area contributed by atoms with Gasteiger partial charge in [-0.15, -0.1) is 0 Å². The molecule has 1 aromatic heterocycles. The third-order valence-electron chi connectivity index (χ3n) is 4.23. The lowest BCUT2D eigenvalue weighted by Crippen LogP contribution is -2.25. The van der Waals surface area contributed by atoms with Crippen molar-refractivity contribution in [1.82, 2.24) is 10.3 Å². The van der Waals surface area contributed by atoms with E-state index in [-0.39, 0.29) is 34.9 Å². The van der Waals surface area contributed by atoms with Crippen LogP contribution in [0.1, 0.15) is 22.3 Å². The highest BCUT2D eigenvalue weighted by Gasteiger charge is 2.38. The number of aromatic nitrogens is 1. The summed E-state index contributed by atoms with van der Waals surface area (Å²) in [6.07, 6.45) is 3.34. The Kier molecular flexibility index (Phi) is 5.10. The van der Waals surface area contributed by atoms with Crippen LogP contribution in [0.25, 0.3) is 0 Å². The smallest absolute Gasteiger partial charge is 0.251 e. The highest BCUT2D eigenvalue weighted by molar-refractivity contribution is 7.96. The van der Waals surface area contributed by atoms with Crippen molar-refractivity contribution in [2.45, 2.75) is 23.1 Å². The maximum atomic E-state index is 12.7. The zero-order valence-corrected chi connectivity index (χ0v) is 15.5. The summed E-state index contributed by atoms with van der Waals surface area (Å²) in [6, 6.07) is 9.24. The Labute approximate surface area is 152 Å². The van der Waals surface area contributed by atoms with Crippen LogP contribution in [-0.4, -0.2) is 44.5 Å². The quantitative estimate of drug-likeness (QED) is 0.809. The second-order valence-electron chi connectivity index (χ2n) is 6.14. The van der Waals surface area contributed by atoms with Gasteiger partial charge in [0.15, 0.2) is 19.7 Å². The van der Waals surface area contributed by atoms with Gasteiger partial charge in [-0.25, -0.2) is 16.8 Å². The Bertz CT molecular complexity index is 1020. The van der Waals surface area contributed by atoms with Crippen LogP contribution >= 0.6 is 0 Å². The molecule has 0 bridgehead atoms. The predicted octanol–water partition coefficient (Wildman–Crippen LogP) is 0.972. The number of sulfone groups is 2. The second-order valence-corrected chi connectivity index (χ2v) is 10.6. The number of pyridine rings is 1. The number of hydrogen-bond donors (Lipinski definition) is 1. The maximum Gasteiger partial charge on any atom is 0.251 e. The van der Waals surface area contributed by atoms with Crippen LogP contribution in [0.3, 0.4) is 0 Å². The molecule has 1 saturated heterocycles. The van der Waals surface area contributed by atoms with Gasteiger partial charge in [0.25, 0.3) is 5.91 Å². The highest BCUT2D eigenvalue weighted by atomic mass is 32.2. The summed E-state index contributed by atoms with van der Waals surface area (Å²) < 4.78 is 48.5. The molecule has 2 aromatic rings. The third kappa shape index (κ3) is 4.10. The van der Waals surface area contributed by atoms with Crippen LogP contribution in [0.5, 0.6) is 0 Å². The van der Waals surface area contributed by atoms with E-state index in [9.17, 15) is 21.6 Å². The zero-order chi connectivity index (χ0) is 18.8. The molecule has 7 nitrogen and oxygen atoms in total. The van der Waals surface area contributed by atoms with Crippen molar-refractivity contribution in [2.24, 2.45) is 0 Å². The van der Waals surface area contributed by atoms with Crippen molar-refractivity contribution in [2.75, 3.05) is 11.5 Å². The molecule has 3 rings (SSSR count). The first-order valence-electron chi connectivity index (χ1n) is 7.99. The van der Waals surface area contributed by atoms with E-state index in [0.29, 0.717) is 0 Å². The minimum atomic E-state index is -3.80. The van der Waals surface area contributed by atoms with Gasteiger partial charge in [0.2, 0.25) is 0 Å². The van der Waals surface area contributed by atoms with Crippen molar-refractivity contribution in [3.63, 3.8) is 0 Å². The Morgan fingerprint density at radius 1 is 1.23 bits per heavy atom. The molecule has 1 aliphatic rings. The summed E-state index contributed by atoms with van der Waals surface area (Å²) in [7, 11) is -7.12. The monoisotopic (exact) mass is 394 g/mol. The molecule has 138 valence electrons. The van der Waals surface area contributed by atoms with Crippen LogP contribution in [0.15, 0.2) is 53.7 Å². The highest BCUT2D eigenvalue weighted by Crippen LogP contribution is 2.25. The number of carbonyl (C=O) groups excluding carboxylic acids is 1. The number of nitrogens with zero attached hydrogens (tertiary/aromatic N) is 1. The van der Waals surface area contributed by atoms with Gasteiger partial charge in [-0.05, 0) is 36.2 Å². The van der Waals surface area contributed by atoms with Crippen molar-refractivity contribution >= 4 is 25.6 Å². The van der Waals surface area contributed by atoms with Crippen LogP contribution in [-0.2, 0) is 26.2 Å². The molecule has 1 amide bonds. The summed E-state index contributed by atoms with van der Waals surface area (Å²) in [5, 5.41) is 1.75. The predicted molar refractivity (Wildman–Crippen MR) is 96.1 cm³/mol. The Balaban J connectivity index is 1.76. The van der Waals surface area contributed by atoms with E-state index in [1.54, 1.807) is 18.5 Å². The van der Waals surface area contributed by atoms with E-state index in [4.69, 9.17) is 0 Å². The Morgan fingerprint density at radius 3 is 2.69 bits per heavy atom. The average Bonchev–Trinajstić information content (AvgIpc) is 3.01. The van der Waals surface area contributed by atoms with Crippen LogP contribution in [0.4, 0.5) is 0 Å². The molecular formula is C17H18N2O5S2. The lowest BCUT2D eigenvalue weighted by Gasteiger charge is -2.11. The molecule has 0 spiro atoms. The van der Waals surface area contributed by atoms with Crippen molar-refractivity contribution < 1.29 is 21.6 Å². The first-order valence-corrected chi connectivity index (χ1v) is 11.4. The summed E-state index contributed by atoms with van der Waals surface area (Å²) in [6.45, 7) is 0.268. The molecule has 0 radical (unpaired) electrons. The standard InChI is InChI=1S/C17H18N2O5S2/c20-17(19-11-13-3-2-7-18-10-13)14-4-1-5-15(9-14)26(23,24)16-6-8-25(21,22)12-16/h1-5,7,9-10,16H,6,8,11-12H2,(H,19,20)/t16-/m1/s1. The topological polar surface area (TPSA) is 110 Å².